The van der Waals surface area contributed by atoms with Gasteiger partial charge in [-0.2, -0.15) is 0 Å². The zero-order valence-corrected chi connectivity index (χ0v) is 8.60. The van der Waals surface area contributed by atoms with Gasteiger partial charge in [-0.05, 0) is 0 Å². The Labute approximate surface area is 90.7 Å². The minimum absolute atomic E-state index is 0. The second-order valence-corrected chi connectivity index (χ2v) is 2.97. The van der Waals surface area contributed by atoms with E-state index in [1.165, 1.54) is 12.5 Å². The third-order valence-corrected chi connectivity index (χ3v) is 1.77. The first-order chi connectivity index (χ1) is 6.18. The summed E-state index contributed by atoms with van der Waals surface area (Å²) in [7, 11) is 5.53. The molecule has 1 amide bonds. The fourth-order valence-electron chi connectivity index (χ4n) is 1.07. The molecule has 0 aliphatic carbocycles. The molecule has 5 heteroatoms. The second-order valence-electron chi connectivity index (χ2n) is 2.97. The van der Waals surface area contributed by atoms with Crippen molar-refractivity contribution in [1.82, 2.24) is 5.32 Å². The predicted octanol–water partition coefficient (Wildman–Crippen LogP) is -0.195. The van der Waals surface area contributed by atoms with E-state index in [1.807, 2.05) is 24.3 Å². The fourth-order valence-corrected chi connectivity index (χ4v) is 1.07. The third-order valence-electron chi connectivity index (χ3n) is 1.77. The minimum Gasteiger partial charge on any atom is -0.870 e. The SMILES string of the molecule is [B+2]c1ccc(CCNC(C)=O)cc1.[OH-].[OH-]. The van der Waals surface area contributed by atoms with Gasteiger partial charge in [0.1, 0.15) is 0 Å². The first-order valence-electron chi connectivity index (χ1n) is 4.27. The zero-order valence-electron chi connectivity index (χ0n) is 8.60. The number of carbonyl (C=O) groups is 1. The normalized spacial score (nSPS) is 8.47. The molecule has 0 aromatic heterocycles. The number of rotatable bonds is 3. The molecule has 4 nitrogen and oxygen atoms in total. The monoisotopic (exact) mass is 207 g/mol. The van der Waals surface area contributed by atoms with Crippen LogP contribution in [0.2, 0.25) is 0 Å². The van der Waals surface area contributed by atoms with Gasteiger partial charge >= 0.3 is 79.0 Å². The Morgan fingerprint density at radius 3 is 2.27 bits per heavy atom. The molecule has 0 bridgehead atoms. The van der Waals surface area contributed by atoms with Crippen LogP contribution in [0.1, 0.15) is 12.5 Å². The molecule has 0 heterocycles. The van der Waals surface area contributed by atoms with Crippen molar-refractivity contribution in [3.05, 3.63) is 29.8 Å². The molecule has 0 saturated heterocycles. The van der Waals surface area contributed by atoms with Gasteiger partial charge < -0.3 is 11.0 Å². The van der Waals surface area contributed by atoms with E-state index in [-0.39, 0.29) is 16.9 Å². The smallest absolute Gasteiger partial charge is 0.870 e. The Morgan fingerprint density at radius 1 is 1.27 bits per heavy atom. The van der Waals surface area contributed by atoms with E-state index in [0.29, 0.717) is 6.54 Å². The van der Waals surface area contributed by atoms with Crippen molar-refractivity contribution in [2.75, 3.05) is 6.54 Å². The van der Waals surface area contributed by atoms with Crippen LogP contribution in [0.5, 0.6) is 0 Å². The second kappa shape index (κ2) is 8.02. The summed E-state index contributed by atoms with van der Waals surface area (Å²) < 4.78 is 0. The van der Waals surface area contributed by atoms with Crippen LogP contribution in [-0.4, -0.2) is 31.3 Å². The van der Waals surface area contributed by atoms with Gasteiger partial charge in [-0.3, -0.25) is 0 Å². The average molecular weight is 207 g/mol. The van der Waals surface area contributed by atoms with Gasteiger partial charge in [0.15, 0.2) is 0 Å². The number of carbonyl (C=O) groups excluding carboxylic acids is 1. The van der Waals surface area contributed by atoms with Crippen molar-refractivity contribution < 1.29 is 15.7 Å². The van der Waals surface area contributed by atoms with E-state index in [1.54, 1.807) is 0 Å². The first kappa shape index (κ1) is 16.1. The van der Waals surface area contributed by atoms with Gasteiger partial charge in [-0.1, -0.05) is 0 Å². The third kappa shape index (κ3) is 6.71. The molecule has 1 aromatic rings. The molecule has 3 N–H and O–H groups in total. The number of amides is 1. The molecule has 0 saturated carbocycles. The summed E-state index contributed by atoms with van der Waals surface area (Å²) in [5.41, 5.74) is 1.95. The molecule has 15 heavy (non-hydrogen) atoms. The Hall–Kier alpha value is -1.33. The van der Waals surface area contributed by atoms with Crippen LogP contribution in [-0.2, 0) is 11.2 Å². The average Bonchev–Trinajstić information content (AvgIpc) is 2.08. The van der Waals surface area contributed by atoms with Crippen LogP contribution in [0, 0.1) is 0 Å². The van der Waals surface area contributed by atoms with Gasteiger partial charge in [0.05, 0.1) is 0 Å². The number of hydrogen-bond acceptors (Lipinski definition) is 3. The van der Waals surface area contributed by atoms with Crippen molar-refractivity contribution in [3.8, 4) is 0 Å². The topological polar surface area (TPSA) is 89.1 Å². The molecule has 0 aliphatic rings. The largest absolute Gasteiger partial charge is 0.870 e. The zero-order chi connectivity index (χ0) is 9.68. The van der Waals surface area contributed by atoms with Gasteiger partial charge in [-0.25, -0.2) is 0 Å². The Kier molecular flexibility index (Phi) is 8.62. The Morgan fingerprint density at radius 2 is 1.80 bits per heavy atom. The Bertz CT molecular complexity index is 287. The molecular weight excluding hydrogens is 193 g/mol. The van der Waals surface area contributed by atoms with Crippen LogP contribution in [0.4, 0.5) is 0 Å². The number of hydrogen-bond donors (Lipinski definition) is 1. The molecule has 0 unspecified atom stereocenters. The van der Waals surface area contributed by atoms with Crippen LogP contribution >= 0.6 is 0 Å². The quantitative estimate of drug-likeness (QED) is 0.696. The fraction of sp³-hybridized carbons (Fsp3) is 0.300. The van der Waals surface area contributed by atoms with E-state index in [4.69, 9.17) is 7.85 Å². The standard InChI is InChI=1S/C10H12BNO.2H2O/c1-8(13)12-7-6-9-2-4-10(11)5-3-9;;/h2-5H,6-7H2,1H3,(H,12,13);2*1H2/q+2;;/p-2. The van der Waals surface area contributed by atoms with Crippen molar-refractivity contribution in [2.24, 2.45) is 0 Å². The molecule has 0 aliphatic heterocycles. The summed E-state index contributed by atoms with van der Waals surface area (Å²) in [5, 5.41) is 2.74. The van der Waals surface area contributed by atoms with Crippen LogP contribution in [0.15, 0.2) is 24.3 Å². The van der Waals surface area contributed by atoms with E-state index >= 15 is 0 Å². The maximum atomic E-state index is 10.6. The molecule has 1 aromatic carbocycles. The van der Waals surface area contributed by atoms with Crippen LogP contribution < -0.4 is 10.8 Å². The number of nitrogens with one attached hydrogen (secondary N) is 1. The molecule has 0 atom stereocenters. The predicted molar refractivity (Wildman–Crippen MR) is 58.1 cm³/mol. The van der Waals surface area contributed by atoms with E-state index < -0.39 is 0 Å². The van der Waals surface area contributed by atoms with Crippen LogP contribution in [0.3, 0.4) is 0 Å². The summed E-state index contributed by atoms with van der Waals surface area (Å²) in [4.78, 5) is 10.6. The number of benzene rings is 1. The summed E-state index contributed by atoms with van der Waals surface area (Å²) in [6.07, 6.45) is 0.847. The molecular formula is C10H14BNO3. The molecule has 0 radical (unpaired) electrons. The van der Waals surface area contributed by atoms with Gasteiger partial charge in [-0.15, -0.1) is 0 Å². The minimum atomic E-state index is 0. The van der Waals surface area contributed by atoms with E-state index in [9.17, 15) is 4.79 Å². The Balaban J connectivity index is 0. The first-order valence-corrected chi connectivity index (χ1v) is 4.27. The maximum absolute atomic E-state index is 10.6. The van der Waals surface area contributed by atoms with E-state index in [0.717, 1.165) is 11.9 Å². The molecule has 0 fully saturated rings. The summed E-state index contributed by atoms with van der Waals surface area (Å²) in [6, 6.07) is 7.67. The van der Waals surface area contributed by atoms with Gasteiger partial charge in [0, 0.05) is 0 Å². The van der Waals surface area contributed by atoms with Crippen LogP contribution in [0.25, 0.3) is 0 Å². The van der Waals surface area contributed by atoms with Crippen molar-refractivity contribution in [2.45, 2.75) is 13.3 Å². The van der Waals surface area contributed by atoms with Crippen molar-refractivity contribution in [1.29, 1.82) is 0 Å². The summed E-state index contributed by atoms with van der Waals surface area (Å²) >= 11 is 0. The van der Waals surface area contributed by atoms with Crippen molar-refractivity contribution in [3.63, 3.8) is 0 Å². The van der Waals surface area contributed by atoms with Gasteiger partial charge in [0.25, 0.3) is 0 Å². The molecule has 80 valence electrons. The molecule has 1 rings (SSSR count). The van der Waals surface area contributed by atoms with E-state index in [2.05, 4.69) is 5.32 Å². The summed E-state index contributed by atoms with van der Waals surface area (Å²) in [5.74, 6) is 0.00967. The molecule has 0 spiro atoms. The van der Waals surface area contributed by atoms with Crippen molar-refractivity contribution >= 4 is 19.2 Å². The maximum Gasteiger partial charge on any atom is -0.870 e. The van der Waals surface area contributed by atoms with Gasteiger partial charge in [0.2, 0.25) is 0 Å². The summed E-state index contributed by atoms with van der Waals surface area (Å²) in [6.45, 7) is 2.20.